The van der Waals surface area contributed by atoms with Gasteiger partial charge in [0, 0.05) is 31.8 Å². The second-order valence-corrected chi connectivity index (χ2v) is 8.73. The lowest BCUT2D eigenvalue weighted by atomic mass is 9.72. The molecule has 0 amide bonds. The number of hydrogen-bond acceptors (Lipinski definition) is 5. The van der Waals surface area contributed by atoms with Gasteiger partial charge in [-0.1, -0.05) is 65.7 Å². The largest absolute Gasteiger partial charge is 0.383 e. The highest BCUT2D eigenvalue weighted by Crippen LogP contribution is 2.49. The molecule has 2 N–H and O–H groups in total. The van der Waals surface area contributed by atoms with Crippen LogP contribution >= 0.6 is 23.2 Å². The number of rotatable bonds is 3. The summed E-state index contributed by atoms with van der Waals surface area (Å²) in [4.78, 5) is 13.6. The lowest BCUT2D eigenvalue weighted by Crippen LogP contribution is -2.46. The zero-order valence-electron chi connectivity index (χ0n) is 17.3. The smallest absolute Gasteiger partial charge is 0.162 e. The van der Waals surface area contributed by atoms with Crippen LogP contribution in [-0.4, -0.2) is 29.9 Å². The Balaban J connectivity index is 1.93. The molecule has 1 aliphatic carbocycles. The van der Waals surface area contributed by atoms with Gasteiger partial charge in [0.25, 0.3) is 0 Å². The molecule has 1 aliphatic heterocycles. The Kier molecular flexibility index (Phi) is 5.81. The van der Waals surface area contributed by atoms with Crippen molar-refractivity contribution in [3.05, 3.63) is 92.4 Å². The number of ketones is 1. The third-order valence-corrected chi connectivity index (χ3v) is 6.74. The molecular weight excluding hydrogens is 431 g/mol. The molecule has 31 heavy (non-hydrogen) atoms. The summed E-state index contributed by atoms with van der Waals surface area (Å²) in [6.45, 7) is 0. The van der Waals surface area contributed by atoms with Gasteiger partial charge >= 0.3 is 0 Å². The van der Waals surface area contributed by atoms with E-state index in [0.29, 0.717) is 45.4 Å². The van der Waals surface area contributed by atoms with Crippen molar-refractivity contribution in [2.24, 2.45) is 5.73 Å². The Morgan fingerprint density at radius 3 is 2.45 bits per heavy atom. The van der Waals surface area contributed by atoms with Crippen LogP contribution in [0.25, 0.3) is 0 Å². The highest BCUT2D eigenvalue weighted by molar-refractivity contribution is 6.42. The highest BCUT2D eigenvalue weighted by Gasteiger charge is 2.43. The van der Waals surface area contributed by atoms with Crippen molar-refractivity contribution >= 4 is 29.0 Å². The third kappa shape index (κ3) is 3.61. The summed E-state index contributed by atoms with van der Waals surface area (Å²) < 4.78 is 0. The van der Waals surface area contributed by atoms with Gasteiger partial charge in [0.05, 0.1) is 27.6 Å². The van der Waals surface area contributed by atoms with Crippen molar-refractivity contribution in [1.29, 1.82) is 5.26 Å². The van der Waals surface area contributed by atoms with Crippen molar-refractivity contribution in [3.63, 3.8) is 0 Å². The van der Waals surface area contributed by atoms with E-state index >= 15 is 0 Å². The zero-order chi connectivity index (χ0) is 22.3. The second-order valence-electron chi connectivity index (χ2n) is 7.95. The Morgan fingerprint density at radius 2 is 1.81 bits per heavy atom. The number of carbonyl (C=O) groups is 1. The van der Waals surface area contributed by atoms with Gasteiger partial charge in [-0.15, -0.1) is 0 Å². The van der Waals surface area contributed by atoms with E-state index in [2.05, 4.69) is 6.07 Å². The number of Topliss-reactive ketones (excluding diaryl/α,β-unsaturated/α-hetero) is 1. The quantitative estimate of drug-likeness (QED) is 0.711. The van der Waals surface area contributed by atoms with Crippen LogP contribution in [0.3, 0.4) is 0 Å². The van der Waals surface area contributed by atoms with E-state index < -0.39 is 5.92 Å². The Morgan fingerprint density at radius 1 is 1.10 bits per heavy atom. The predicted molar refractivity (Wildman–Crippen MR) is 122 cm³/mol. The average molecular weight is 453 g/mol. The SMILES string of the molecule is CN(C)N1C(N)=C(C#N)[C@@H](c2cccc(Cl)c2Cl)C2=C1C[C@@H](c1ccccc1)CC2=O. The van der Waals surface area contributed by atoms with E-state index in [1.165, 1.54) is 0 Å². The van der Waals surface area contributed by atoms with Crippen LogP contribution < -0.4 is 5.73 Å². The number of halogens is 2. The Labute approximate surface area is 191 Å². The lowest BCUT2D eigenvalue weighted by molar-refractivity contribution is -0.117. The van der Waals surface area contributed by atoms with Crippen LogP contribution in [0, 0.1) is 11.3 Å². The molecule has 0 bridgehead atoms. The van der Waals surface area contributed by atoms with Gasteiger partial charge in [0.15, 0.2) is 5.78 Å². The summed E-state index contributed by atoms with van der Waals surface area (Å²) in [6, 6.07) is 17.5. The van der Waals surface area contributed by atoms with Crippen LogP contribution in [0.1, 0.15) is 35.8 Å². The summed E-state index contributed by atoms with van der Waals surface area (Å²) in [6.07, 6.45) is 0.981. The molecule has 2 aromatic rings. The summed E-state index contributed by atoms with van der Waals surface area (Å²) in [5.74, 6) is -0.328. The number of nitriles is 1. The molecule has 0 unspecified atom stereocenters. The van der Waals surface area contributed by atoms with Crippen molar-refractivity contribution in [2.75, 3.05) is 14.1 Å². The molecule has 2 aliphatic rings. The first-order valence-electron chi connectivity index (χ1n) is 9.97. The fourth-order valence-corrected chi connectivity index (χ4v) is 5.00. The summed E-state index contributed by atoms with van der Waals surface area (Å²) >= 11 is 12.8. The van der Waals surface area contributed by atoms with Crippen LogP contribution in [0.15, 0.2) is 71.2 Å². The molecule has 0 fully saturated rings. The standard InChI is InChI=1S/C24H22Cl2N4O/c1-29(2)30-19-11-15(14-7-4-3-5-8-14)12-20(31)22(19)21(17(13-27)24(30)28)16-9-6-10-18(25)23(16)26/h3-10,15,21H,11-12,28H2,1-2H3/t15-,21-/m1/s1. The van der Waals surface area contributed by atoms with E-state index in [4.69, 9.17) is 28.9 Å². The van der Waals surface area contributed by atoms with Crippen molar-refractivity contribution < 1.29 is 4.79 Å². The minimum absolute atomic E-state index is 0.0109. The molecule has 4 rings (SSSR count). The molecule has 0 spiro atoms. The summed E-state index contributed by atoms with van der Waals surface area (Å²) in [5, 5.41) is 14.3. The van der Waals surface area contributed by atoms with Gasteiger partial charge in [-0.3, -0.25) is 9.80 Å². The molecule has 1 heterocycles. The molecule has 2 aromatic carbocycles. The third-order valence-electron chi connectivity index (χ3n) is 5.90. The Hall–Kier alpha value is -2.78. The maximum absolute atomic E-state index is 13.6. The molecule has 158 valence electrons. The van der Waals surface area contributed by atoms with Gasteiger partial charge in [-0.2, -0.15) is 5.26 Å². The van der Waals surface area contributed by atoms with Crippen molar-refractivity contribution in [1.82, 2.24) is 10.0 Å². The monoisotopic (exact) mass is 452 g/mol. The molecule has 7 heteroatoms. The normalized spacial score (nSPS) is 21.4. The van der Waals surface area contributed by atoms with E-state index in [1.54, 1.807) is 28.2 Å². The fourth-order valence-electron chi connectivity index (χ4n) is 4.58. The van der Waals surface area contributed by atoms with Gasteiger partial charge in [0.1, 0.15) is 5.82 Å². The highest BCUT2D eigenvalue weighted by atomic mass is 35.5. The number of nitrogens with two attached hydrogens (primary N) is 1. The van der Waals surface area contributed by atoms with E-state index in [1.807, 2.05) is 44.4 Å². The number of benzene rings is 2. The minimum atomic E-state index is -0.647. The maximum Gasteiger partial charge on any atom is 0.162 e. The molecule has 0 saturated heterocycles. The number of nitrogens with zero attached hydrogens (tertiary/aromatic N) is 3. The molecule has 0 aromatic heterocycles. The van der Waals surface area contributed by atoms with E-state index in [-0.39, 0.29) is 11.7 Å². The maximum atomic E-state index is 13.6. The summed E-state index contributed by atoms with van der Waals surface area (Å²) in [5.41, 5.74) is 9.89. The Bertz CT molecular complexity index is 1150. The molecule has 2 atom stereocenters. The van der Waals surface area contributed by atoms with Crippen LogP contribution in [0.4, 0.5) is 0 Å². The van der Waals surface area contributed by atoms with Crippen molar-refractivity contribution in [2.45, 2.75) is 24.7 Å². The van der Waals surface area contributed by atoms with Gasteiger partial charge < -0.3 is 5.73 Å². The van der Waals surface area contributed by atoms with Gasteiger partial charge in [0.2, 0.25) is 0 Å². The number of hydrogen-bond donors (Lipinski definition) is 1. The first-order chi connectivity index (χ1) is 14.8. The first kappa shape index (κ1) is 21.5. The molecule has 5 nitrogen and oxygen atoms in total. The van der Waals surface area contributed by atoms with Crippen LogP contribution in [-0.2, 0) is 4.79 Å². The van der Waals surface area contributed by atoms with Gasteiger partial charge in [-0.05, 0) is 29.5 Å². The topological polar surface area (TPSA) is 73.4 Å². The fraction of sp³-hybridized carbons (Fsp3) is 0.250. The molecular formula is C24H22Cl2N4O. The average Bonchev–Trinajstić information content (AvgIpc) is 2.75. The molecule has 0 radical (unpaired) electrons. The predicted octanol–water partition coefficient (Wildman–Crippen LogP) is 4.96. The van der Waals surface area contributed by atoms with E-state index in [9.17, 15) is 10.1 Å². The first-order valence-corrected chi connectivity index (χ1v) is 10.7. The number of allylic oxidation sites excluding steroid dienone is 3. The van der Waals surface area contributed by atoms with Crippen LogP contribution in [0.2, 0.25) is 10.0 Å². The number of carbonyl (C=O) groups excluding carboxylic acids is 1. The van der Waals surface area contributed by atoms with E-state index in [0.717, 1.165) is 11.3 Å². The lowest BCUT2D eigenvalue weighted by Gasteiger charge is -2.44. The van der Waals surface area contributed by atoms with Gasteiger partial charge in [-0.25, -0.2) is 5.01 Å². The summed E-state index contributed by atoms with van der Waals surface area (Å²) in [7, 11) is 3.69. The second kappa shape index (κ2) is 8.39. The van der Waals surface area contributed by atoms with Crippen molar-refractivity contribution in [3.8, 4) is 6.07 Å². The minimum Gasteiger partial charge on any atom is -0.383 e. The number of hydrazine groups is 1. The molecule has 0 saturated carbocycles. The van der Waals surface area contributed by atoms with Crippen LogP contribution in [0.5, 0.6) is 0 Å². The zero-order valence-corrected chi connectivity index (χ0v) is 18.8.